The summed E-state index contributed by atoms with van der Waals surface area (Å²) < 4.78 is 36.4. The Hall–Kier alpha value is -0.980. The highest BCUT2D eigenvalue weighted by atomic mass is 32.2. The summed E-state index contributed by atoms with van der Waals surface area (Å²) in [7, 11) is -3.78. The van der Waals surface area contributed by atoms with Crippen molar-refractivity contribution in [2.24, 2.45) is 0 Å². The summed E-state index contributed by atoms with van der Waals surface area (Å²) in [6.07, 6.45) is 3.73. The molecule has 0 radical (unpaired) electrons. The maximum absolute atomic E-state index is 12.9. The molecule has 0 aliphatic heterocycles. The minimum atomic E-state index is -3.78. The topological polar surface area (TPSA) is 55.4 Å². The van der Waals surface area contributed by atoms with E-state index in [0.29, 0.717) is 0 Å². The van der Waals surface area contributed by atoms with E-state index < -0.39 is 15.8 Å². The first kappa shape index (κ1) is 12.5. The molecule has 0 heterocycles. The van der Waals surface area contributed by atoms with Crippen LogP contribution in [0.2, 0.25) is 0 Å². The normalized spacial score (nSPS) is 17.5. The first-order chi connectivity index (χ1) is 8.08. The third-order valence-electron chi connectivity index (χ3n) is 2.73. The van der Waals surface area contributed by atoms with Crippen LogP contribution < -0.4 is 4.89 Å². The van der Waals surface area contributed by atoms with Crippen LogP contribution >= 0.6 is 0 Å². The van der Waals surface area contributed by atoms with Crippen molar-refractivity contribution in [1.29, 1.82) is 0 Å². The molecule has 94 valence electrons. The van der Waals surface area contributed by atoms with Gasteiger partial charge in [-0.25, -0.2) is 12.8 Å². The zero-order chi connectivity index (χ0) is 12.3. The largest absolute Gasteiger partial charge is 0.284 e. The second-order valence-electron chi connectivity index (χ2n) is 4.07. The van der Waals surface area contributed by atoms with E-state index in [1.54, 1.807) is 0 Å². The number of rotatable bonds is 4. The summed E-state index contributed by atoms with van der Waals surface area (Å²) in [5.41, 5.74) is 0. The van der Waals surface area contributed by atoms with E-state index in [1.807, 2.05) is 0 Å². The molecule has 1 saturated carbocycles. The Morgan fingerprint density at radius 1 is 1.29 bits per heavy atom. The molecule has 1 aromatic rings. The van der Waals surface area contributed by atoms with Gasteiger partial charge in [0.05, 0.1) is 11.0 Å². The second kappa shape index (κ2) is 5.12. The van der Waals surface area contributed by atoms with Gasteiger partial charge in [0, 0.05) is 0 Å². The molecule has 0 spiro atoms. The molecule has 0 saturated heterocycles. The summed E-state index contributed by atoms with van der Waals surface area (Å²) in [6, 6.07) is 4.82. The molecule has 0 bridgehead atoms. The lowest BCUT2D eigenvalue weighted by Gasteiger charge is -2.11. The Balaban J connectivity index is 2.03. The zero-order valence-corrected chi connectivity index (χ0v) is 10.0. The van der Waals surface area contributed by atoms with Gasteiger partial charge in [0.1, 0.15) is 5.82 Å². The standard InChI is InChI=1S/C11H14FNO3S/c12-9-4-3-7-11(8-9)17(14,15)13-16-10-5-1-2-6-10/h3-4,7-8,10,13H,1-2,5-6H2. The van der Waals surface area contributed by atoms with Crippen molar-refractivity contribution >= 4 is 10.0 Å². The molecule has 0 atom stereocenters. The van der Waals surface area contributed by atoms with E-state index >= 15 is 0 Å². The van der Waals surface area contributed by atoms with Gasteiger partial charge in [0.25, 0.3) is 10.0 Å². The maximum Gasteiger partial charge on any atom is 0.262 e. The number of hydrogen-bond acceptors (Lipinski definition) is 3. The van der Waals surface area contributed by atoms with Crippen LogP contribution in [0.4, 0.5) is 4.39 Å². The lowest BCUT2D eigenvalue weighted by Crippen LogP contribution is -2.28. The van der Waals surface area contributed by atoms with Crippen LogP contribution in [0.25, 0.3) is 0 Å². The number of halogens is 1. The van der Waals surface area contributed by atoms with E-state index in [1.165, 1.54) is 18.2 Å². The number of benzene rings is 1. The van der Waals surface area contributed by atoms with Crippen LogP contribution in [0.5, 0.6) is 0 Å². The highest BCUT2D eigenvalue weighted by Crippen LogP contribution is 2.20. The van der Waals surface area contributed by atoms with Crippen LogP contribution in [0.3, 0.4) is 0 Å². The van der Waals surface area contributed by atoms with Gasteiger partial charge >= 0.3 is 0 Å². The van der Waals surface area contributed by atoms with Gasteiger partial charge in [-0.15, -0.1) is 0 Å². The first-order valence-electron chi connectivity index (χ1n) is 5.51. The summed E-state index contributed by atoms with van der Waals surface area (Å²) in [6.45, 7) is 0. The molecule has 0 unspecified atom stereocenters. The molecule has 1 N–H and O–H groups in total. The quantitative estimate of drug-likeness (QED) is 0.841. The molecular formula is C11H14FNO3S. The zero-order valence-electron chi connectivity index (χ0n) is 9.23. The van der Waals surface area contributed by atoms with Crippen molar-refractivity contribution in [1.82, 2.24) is 4.89 Å². The van der Waals surface area contributed by atoms with Crippen LogP contribution in [0.15, 0.2) is 29.2 Å². The lowest BCUT2D eigenvalue weighted by molar-refractivity contribution is 0.0223. The number of sulfonamides is 1. The average molecular weight is 259 g/mol. The molecular weight excluding hydrogens is 245 g/mol. The van der Waals surface area contributed by atoms with Gasteiger partial charge in [0.2, 0.25) is 0 Å². The minimum absolute atomic E-state index is 0.0710. The average Bonchev–Trinajstić information content (AvgIpc) is 2.79. The van der Waals surface area contributed by atoms with Crippen molar-refractivity contribution < 1.29 is 17.6 Å². The van der Waals surface area contributed by atoms with Crippen LogP contribution in [0, 0.1) is 5.82 Å². The van der Waals surface area contributed by atoms with Crippen molar-refractivity contribution in [2.75, 3.05) is 0 Å². The van der Waals surface area contributed by atoms with Gasteiger partial charge in [-0.2, -0.15) is 0 Å². The molecule has 4 nitrogen and oxygen atoms in total. The smallest absolute Gasteiger partial charge is 0.262 e. The fourth-order valence-electron chi connectivity index (χ4n) is 1.82. The van der Waals surface area contributed by atoms with Gasteiger partial charge in [-0.1, -0.05) is 23.8 Å². The van der Waals surface area contributed by atoms with E-state index in [-0.39, 0.29) is 11.0 Å². The molecule has 0 amide bonds. The van der Waals surface area contributed by atoms with Gasteiger partial charge < -0.3 is 0 Å². The Kier molecular flexibility index (Phi) is 3.76. The predicted octanol–water partition coefficient (Wildman–Crippen LogP) is 1.98. The summed E-state index contributed by atoms with van der Waals surface area (Å²) in [5, 5.41) is 0. The Morgan fingerprint density at radius 3 is 2.65 bits per heavy atom. The van der Waals surface area contributed by atoms with Gasteiger partial charge in [-0.05, 0) is 31.0 Å². The van der Waals surface area contributed by atoms with Crippen LogP contribution in [-0.4, -0.2) is 14.5 Å². The van der Waals surface area contributed by atoms with E-state index in [9.17, 15) is 12.8 Å². The first-order valence-corrected chi connectivity index (χ1v) is 6.99. The fourth-order valence-corrected chi connectivity index (χ4v) is 2.70. The molecule has 1 aliphatic carbocycles. The molecule has 0 aromatic heterocycles. The fraction of sp³-hybridized carbons (Fsp3) is 0.455. The van der Waals surface area contributed by atoms with Gasteiger partial charge in [-0.3, -0.25) is 4.84 Å². The minimum Gasteiger partial charge on any atom is -0.284 e. The van der Waals surface area contributed by atoms with Crippen molar-refractivity contribution in [3.8, 4) is 0 Å². The van der Waals surface area contributed by atoms with E-state index in [4.69, 9.17) is 4.84 Å². The number of hydrogen-bond donors (Lipinski definition) is 1. The summed E-state index contributed by atoms with van der Waals surface area (Å²) >= 11 is 0. The Bertz CT molecular complexity index is 483. The van der Waals surface area contributed by atoms with E-state index in [0.717, 1.165) is 31.7 Å². The SMILES string of the molecule is O=S(=O)(NOC1CCCC1)c1cccc(F)c1. The summed E-state index contributed by atoms with van der Waals surface area (Å²) in [5.74, 6) is -0.589. The molecule has 6 heteroatoms. The van der Waals surface area contributed by atoms with Crippen LogP contribution in [-0.2, 0) is 14.9 Å². The molecule has 1 aliphatic rings. The van der Waals surface area contributed by atoms with E-state index in [2.05, 4.69) is 4.89 Å². The van der Waals surface area contributed by atoms with Gasteiger partial charge in [0.15, 0.2) is 0 Å². The predicted molar refractivity (Wildman–Crippen MR) is 60.1 cm³/mol. The Labute approximate surface area is 99.8 Å². The van der Waals surface area contributed by atoms with Crippen LogP contribution in [0.1, 0.15) is 25.7 Å². The lowest BCUT2D eigenvalue weighted by atomic mass is 10.3. The molecule has 1 fully saturated rings. The van der Waals surface area contributed by atoms with Crippen molar-refractivity contribution in [2.45, 2.75) is 36.7 Å². The highest BCUT2D eigenvalue weighted by molar-refractivity contribution is 7.89. The third-order valence-corrected chi connectivity index (χ3v) is 3.92. The molecule has 1 aromatic carbocycles. The number of nitrogens with one attached hydrogen (secondary N) is 1. The second-order valence-corrected chi connectivity index (χ2v) is 5.71. The van der Waals surface area contributed by atoms with Crippen molar-refractivity contribution in [3.63, 3.8) is 0 Å². The monoisotopic (exact) mass is 259 g/mol. The highest BCUT2D eigenvalue weighted by Gasteiger charge is 2.20. The molecule has 2 rings (SSSR count). The third kappa shape index (κ3) is 3.24. The molecule has 17 heavy (non-hydrogen) atoms. The van der Waals surface area contributed by atoms with Crippen molar-refractivity contribution in [3.05, 3.63) is 30.1 Å². The Morgan fingerprint density at radius 2 is 2.00 bits per heavy atom. The maximum atomic E-state index is 12.9. The summed E-state index contributed by atoms with van der Waals surface area (Å²) in [4.78, 5) is 7.02.